The lowest BCUT2D eigenvalue weighted by Crippen LogP contribution is -2.57. The number of halogens is 1. The lowest BCUT2D eigenvalue weighted by atomic mass is 10.0. The first-order chi connectivity index (χ1) is 15.1. The van der Waals surface area contributed by atoms with E-state index < -0.39 is 32.2 Å². The number of amides is 3. The normalized spacial score (nSPS) is 15.1. The molecule has 3 amide bonds. The summed E-state index contributed by atoms with van der Waals surface area (Å²) in [6, 6.07) is 10.4. The Morgan fingerprint density at radius 1 is 1.19 bits per heavy atom. The number of hydrogen-bond acceptors (Lipinski definition) is 4. The third kappa shape index (κ3) is 5.73. The zero-order valence-electron chi connectivity index (χ0n) is 18.8. The highest BCUT2D eigenvalue weighted by Gasteiger charge is 2.32. The molecule has 0 radical (unpaired) electrons. The molecule has 1 aliphatic heterocycles. The van der Waals surface area contributed by atoms with Gasteiger partial charge in [0.25, 0.3) is 5.91 Å². The van der Waals surface area contributed by atoms with E-state index in [2.05, 4.69) is 30.3 Å². The summed E-state index contributed by atoms with van der Waals surface area (Å²) >= 11 is 0. The van der Waals surface area contributed by atoms with Gasteiger partial charge in [0.1, 0.15) is 11.9 Å². The molecule has 0 spiro atoms. The summed E-state index contributed by atoms with van der Waals surface area (Å²) in [5.74, 6) is -0.833. The number of likely N-dealkylation sites (tertiary alicyclic amines) is 1. The number of ether oxygens (including phenoxy) is 1. The van der Waals surface area contributed by atoms with Gasteiger partial charge in [-0.15, -0.1) is 0 Å². The Morgan fingerprint density at radius 2 is 1.84 bits per heavy atom. The molecule has 0 saturated carbocycles. The van der Waals surface area contributed by atoms with Gasteiger partial charge in [0, 0.05) is 12.8 Å². The van der Waals surface area contributed by atoms with Gasteiger partial charge < -0.3 is 25.4 Å². The average molecular weight is 460 g/mol. The first-order valence-electron chi connectivity index (χ1n) is 10.5. The average Bonchev–Trinajstić information content (AvgIpc) is 2.69. The molecule has 1 saturated heterocycles. The lowest BCUT2D eigenvalue weighted by molar-refractivity contribution is -0.118. The number of aliphatic hydroxyl groups excluding tert-OH is 1. The summed E-state index contributed by atoms with van der Waals surface area (Å²) in [4.78, 5) is 27.1. The monoisotopic (exact) mass is 459 g/mol. The lowest BCUT2D eigenvalue weighted by Gasteiger charge is -2.36. The van der Waals surface area contributed by atoms with Crippen LogP contribution < -0.4 is 15.8 Å². The van der Waals surface area contributed by atoms with Crippen molar-refractivity contribution in [2.24, 2.45) is 0 Å². The molecule has 1 unspecified atom stereocenters. The fourth-order valence-corrected chi connectivity index (χ4v) is 4.90. The van der Waals surface area contributed by atoms with E-state index in [-0.39, 0.29) is 18.9 Å². The molecule has 0 aromatic heterocycles. The van der Waals surface area contributed by atoms with Gasteiger partial charge in [-0.1, -0.05) is 50.0 Å². The number of β-amino-alcohol motifs (C(OH)–C–C–N with tert-alkyl or cyclic N) is 1. The van der Waals surface area contributed by atoms with Gasteiger partial charge in [0.15, 0.2) is 0 Å². The van der Waals surface area contributed by atoms with Gasteiger partial charge in [0.05, 0.1) is 33.9 Å². The Bertz CT molecular complexity index is 972. The molecule has 32 heavy (non-hydrogen) atoms. The molecular weight excluding hydrogens is 429 g/mol. The van der Waals surface area contributed by atoms with Crippen molar-refractivity contribution in [2.45, 2.75) is 38.4 Å². The van der Waals surface area contributed by atoms with E-state index in [0.717, 1.165) is 5.56 Å². The fraction of sp³-hybridized carbons (Fsp3) is 0.391. The van der Waals surface area contributed by atoms with Crippen molar-refractivity contribution in [1.29, 1.82) is 0 Å². The molecule has 2 aromatic carbocycles. The summed E-state index contributed by atoms with van der Waals surface area (Å²) < 4.78 is 19.7. The maximum absolute atomic E-state index is 14.6. The smallest absolute Gasteiger partial charge is 0.318 e. The summed E-state index contributed by atoms with van der Waals surface area (Å²) in [5, 5.41) is 15.6. The van der Waals surface area contributed by atoms with Crippen molar-refractivity contribution in [3.8, 4) is 0 Å². The number of nitrogens with one attached hydrogen (secondary N) is 2. The van der Waals surface area contributed by atoms with Crippen LogP contribution in [0.1, 0.15) is 17.2 Å². The SMILES string of the molecule is COCc1ccc(C(NC(=O)N2CC(O)C2)C(=O)Nc2ccc([Si](C)(C)C)c(F)c2)cc1. The number of nitrogens with zero attached hydrogens (tertiary/aromatic N) is 1. The molecule has 2 aromatic rings. The van der Waals surface area contributed by atoms with Crippen molar-refractivity contribution >= 4 is 30.9 Å². The second-order valence-electron chi connectivity index (χ2n) is 9.05. The number of methoxy groups -OCH3 is 1. The van der Waals surface area contributed by atoms with Gasteiger partial charge in [-0.3, -0.25) is 4.79 Å². The molecule has 172 valence electrons. The number of urea groups is 1. The minimum atomic E-state index is -1.85. The minimum Gasteiger partial charge on any atom is -0.389 e. The van der Waals surface area contributed by atoms with E-state index in [1.165, 1.54) is 11.0 Å². The summed E-state index contributed by atoms with van der Waals surface area (Å²) in [7, 11) is -0.251. The van der Waals surface area contributed by atoms with E-state index in [1.54, 1.807) is 31.4 Å². The van der Waals surface area contributed by atoms with E-state index in [9.17, 15) is 19.1 Å². The standard InChI is InChI=1S/C23H30FN3O4Si/c1-31-14-15-5-7-16(8-6-15)21(26-23(30)27-12-18(28)13-27)22(29)25-17-9-10-20(19(24)11-17)32(2,3)4/h5-11,18,21,28H,12-14H2,1-4H3,(H,25,29)(H,26,30). The topological polar surface area (TPSA) is 90.9 Å². The molecule has 9 heteroatoms. The van der Waals surface area contributed by atoms with E-state index in [0.29, 0.717) is 23.0 Å². The quantitative estimate of drug-likeness (QED) is 0.555. The molecule has 7 nitrogen and oxygen atoms in total. The first-order valence-corrected chi connectivity index (χ1v) is 14.0. The largest absolute Gasteiger partial charge is 0.389 e. The second-order valence-corrected chi connectivity index (χ2v) is 14.1. The van der Waals surface area contributed by atoms with Crippen LogP contribution >= 0.6 is 0 Å². The Kier molecular flexibility index (Phi) is 7.32. The molecular formula is C23H30FN3O4Si. The van der Waals surface area contributed by atoms with Crippen LogP contribution in [0.4, 0.5) is 14.9 Å². The number of carbonyl (C=O) groups excluding carboxylic acids is 2. The molecule has 3 rings (SSSR count). The van der Waals surface area contributed by atoms with Gasteiger partial charge in [-0.2, -0.15) is 0 Å². The Labute approximate surface area is 188 Å². The number of rotatable bonds is 7. The summed E-state index contributed by atoms with van der Waals surface area (Å²) in [6.07, 6.45) is -0.547. The highest BCUT2D eigenvalue weighted by Crippen LogP contribution is 2.20. The zero-order chi connectivity index (χ0) is 23.5. The third-order valence-corrected chi connectivity index (χ3v) is 7.37. The van der Waals surface area contributed by atoms with E-state index in [4.69, 9.17) is 4.74 Å². The fourth-order valence-electron chi connectivity index (χ4n) is 3.52. The van der Waals surface area contributed by atoms with Gasteiger partial charge in [0.2, 0.25) is 0 Å². The Morgan fingerprint density at radius 3 is 2.38 bits per heavy atom. The molecule has 1 heterocycles. The summed E-state index contributed by atoms with van der Waals surface area (Å²) in [5.41, 5.74) is 1.83. The molecule has 1 aliphatic rings. The van der Waals surface area contributed by atoms with Crippen LogP contribution in [0.5, 0.6) is 0 Å². The predicted molar refractivity (Wildman–Crippen MR) is 124 cm³/mol. The third-order valence-electron chi connectivity index (χ3n) is 5.35. The van der Waals surface area contributed by atoms with Crippen molar-refractivity contribution in [3.63, 3.8) is 0 Å². The highest BCUT2D eigenvalue weighted by molar-refractivity contribution is 6.88. The molecule has 1 atom stereocenters. The van der Waals surface area contributed by atoms with Crippen molar-refractivity contribution in [2.75, 3.05) is 25.5 Å². The van der Waals surface area contributed by atoms with E-state index >= 15 is 0 Å². The maximum atomic E-state index is 14.6. The van der Waals surface area contributed by atoms with Crippen LogP contribution in [-0.4, -0.2) is 56.3 Å². The number of benzene rings is 2. The van der Waals surface area contributed by atoms with Gasteiger partial charge in [-0.25, -0.2) is 9.18 Å². The number of carbonyl (C=O) groups is 2. The highest BCUT2D eigenvalue weighted by atomic mass is 28.3. The second kappa shape index (κ2) is 9.80. The number of hydrogen-bond donors (Lipinski definition) is 3. The van der Waals surface area contributed by atoms with Crippen molar-refractivity contribution in [1.82, 2.24) is 10.2 Å². The molecule has 3 N–H and O–H groups in total. The van der Waals surface area contributed by atoms with E-state index in [1.807, 2.05) is 12.1 Å². The van der Waals surface area contributed by atoms with Crippen LogP contribution in [-0.2, 0) is 16.1 Å². The van der Waals surface area contributed by atoms with Crippen LogP contribution in [0.25, 0.3) is 0 Å². The Hall–Kier alpha value is -2.75. The number of aliphatic hydroxyl groups is 1. The van der Waals surface area contributed by atoms with Crippen LogP contribution in [0.3, 0.4) is 0 Å². The maximum Gasteiger partial charge on any atom is 0.318 e. The first kappa shape index (κ1) is 23.9. The van der Waals surface area contributed by atoms with Crippen molar-refractivity contribution < 1.29 is 23.8 Å². The molecule has 0 bridgehead atoms. The summed E-state index contributed by atoms with van der Waals surface area (Å²) in [6.45, 7) is 7.02. The van der Waals surface area contributed by atoms with Crippen molar-refractivity contribution in [3.05, 3.63) is 59.4 Å². The zero-order valence-corrected chi connectivity index (χ0v) is 19.8. The Balaban J connectivity index is 1.81. The molecule has 0 aliphatic carbocycles. The van der Waals surface area contributed by atoms with Gasteiger partial charge in [-0.05, 0) is 28.4 Å². The molecule has 1 fully saturated rings. The number of anilines is 1. The van der Waals surface area contributed by atoms with Gasteiger partial charge >= 0.3 is 6.03 Å². The minimum absolute atomic E-state index is 0.219. The predicted octanol–water partition coefficient (Wildman–Crippen LogP) is 2.58. The van der Waals surface area contributed by atoms with Crippen LogP contribution in [0.15, 0.2) is 42.5 Å². The van der Waals surface area contributed by atoms with Crippen LogP contribution in [0.2, 0.25) is 19.6 Å². The van der Waals surface area contributed by atoms with Crippen LogP contribution in [0, 0.1) is 5.82 Å².